The smallest absolute Gasteiger partial charge is 0.322 e. The molecule has 3 aromatic rings. The molecule has 0 aliphatic carbocycles. The molecular formula is C16H11Cl2N3O2. The lowest BCUT2D eigenvalue weighted by atomic mass is 10.1. The first kappa shape index (κ1) is 15.5. The Bertz CT molecular complexity index is 860. The highest BCUT2D eigenvalue weighted by Crippen LogP contribution is 2.30. The number of hydrogen-bond donors (Lipinski definition) is 1. The van der Waals surface area contributed by atoms with Crippen LogP contribution in [0.3, 0.4) is 0 Å². The van der Waals surface area contributed by atoms with Crippen LogP contribution in [0, 0.1) is 6.92 Å². The van der Waals surface area contributed by atoms with Crippen molar-refractivity contribution >= 4 is 35.1 Å². The average molecular weight is 348 g/mol. The topological polar surface area (TPSA) is 68.0 Å². The van der Waals surface area contributed by atoms with Crippen molar-refractivity contribution in [2.24, 2.45) is 0 Å². The summed E-state index contributed by atoms with van der Waals surface area (Å²) in [6.45, 7) is 1.95. The second-order valence-electron chi connectivity index (χ2n) is 4.86. The van der Waals surface area contributed by atoms with Crippen molar-refractivity contribution in [1.82, 2.24) is 10.2 Å². The van der Waals surface area contributed by atoms with Crippen molar-refractivity contribution < 1.29 is 9.21 Å². The molecule has 5 nitrogen and oxygen atoms in total. The maximum Gasteiger partial charge on any atom is 0.322 e. The molecule has 0 unspecified atom stereocenters. The van der Waals surface area contributed by atoms with Gasteiger partial charge < -0.3 is 4.42 Å². The van der Waals surface area contributed by atoms with Crippen molar-refractivity contribution in [3.05, 3.63) is 63.6 Å². The molecule has 1 N–H and O–H groups in total. The van der Waals surface area contributed by atoms with Crippen LogP contribution in [-0.2, 0) is 0 Å². The third-order valence-corrected chi connectivity index (χ3v) is 3.68. The molecule has 0 bridgehead atoms. The molecule has 1 heterocycles. The highest BCUT2D eigenvalue weighted by atomic mass is 35.5. The molecule has 2 aromatic carbocycles. The first-order valence-electron chi connectivity index (χ1n) is 6.70. The predicted molar refractivity (Wildman–Crippen MR) is 88.9 cm³/mol. The molecule has 3 rings (SSSR count). The van der Waals surface area contributed by atoms with Crippen molar-refractivity contribution in [3.8, 4) is 11.5 Å². The second-order valence-corrected chi connectivity index (χ2v) is 5.70. The lowest BCUT2D eigenvalue weighted by Gasteiger charge is -2.01. The number of amides is 1. The van der Waals surface area contributed by atoms with E-state index in [0.717, 1.165) is 5.56 Å². The third kappa shape index (κ3) is 3.52. The first-order valence-corrected chi connectivity index (χ1v) is 7.45. The summed E-state index contributed by atoms with van der Waals surface area (Å²) in [7, 11) is 0. The van der Waals surface area contributed by atoms with Gasteiger partial charge in [-0.1, -0.05) is 46.0 Å². The standard InChI is InChI=1S/C16H11Cl2N3O2/c1-9-2-4-10(5-3-9)14(22)19-16-21-20-15(23-16)12-8-11(17)6-7-13(12)18/h2-8H,1H3,(H,19,21,22). The third-order valence-electron chi connectivity index (χ3n) is 3.12. The molecule has 0 saturated heterocycles. The lowest BCUT2D eigenvalue weighted by molar-refractivity contribution is 0.102. The molecule has 0 aliphatic rings. The maximum absolute atomic E-state index is 12.1. The molecule has 0 radical (unpaired) electrons. The van der Waals surface area contributed by atoms with Crippen LogP contribution in [0.2, 0.25) is 10.0 Å². The van der Waals surface area contributed by atoms with E-state index >= 15 is 0 Å². The van der Waals surface area contributed by atoms with Crippen molar-refractivity contribution in [2.75, 3.05) is 5.32 Å². The van der Waals surface area contributed by atoms with Gasteiger partial charge in [0.2, 0.25) is 0 Å². The number of aryl methyl sites for hydroxylation is 1. The zero-order chi connectivity index (χ0) is 16.4. The van der Waals surface area contributed by atoms with Crippen LogP contribution in [-0.4, -0.2) is 16.1 Å². The van der Waals surface area contributed by atoms with E-state index in [1.807, 2.05) is 19.1 Å². The zero-order valence-electron chi connectivity index (χ0n) is 12.0. The zero-order valence-corrected chi connectivity index (χ0v) is 13.5. The van der Waals surface area contributed by atoms with Gasteiger partial charge in [0.25, 0.3) is 11.8 Å². The van der Waals surface area contributed by atoms with E-state index in [1.165, 1.54) is 0 Å². The monoisotopic (exact) mass is 347 g/mol. The van der Waals surface area contributed by atoms with E-state index in [1.54, 1.807) is 30.3 Å². The Hall–Kier alpha value is -2.37. The summed E-state index contributed by atoms with van der Waals surface area (Å²) in [6.07, 6.45) is 0. The highest BCUT2D eigenvalue weighted by molar-refractivity contribution is 6.35. The summed E-state index contributed by atoms with van der Waals surface area (Å²) < 4.78 is 5.42. The fourth-order valence-corrected chi connectivity index (χ4v) is 2.29. The number of aromatic nitrogens is 2. The molecule has 0 aliphatic heterocycles. The maximum atomic E-state index is 12.1. The number of nitrogens with zero attached hydrogens (tertiary/aromatic N) is 2. The molecule has 7 heteroatoms. The van der Waals surface area contributed by atoms with Gasteiger partial charge in [0.1, 0.15) is 0 Å². The molecule has 0 atom stereocenters. The minimum Gasteiger partial charge on any atom is -0.403 e. The highest BCUT2D eigenvalue weighted by Gasteiger charge is 2.15. The van der Waals surface area contributed by atoms with E-state index in [0.29, 0.717) is 21.2 Å². The minimum atomic E-state index is -0.336. The normalized spacial score (nSPS) is 10.6. The van der Waals surface area contributed by atoms with Gasteiger partial charge in [0, 0.05) is 10.6 Å². The van der Waals surface area contributed by atoms with Crippen LogP contribution in [0.1, 0.15) is 15.9 Å². The Balaban J connectivity index is 1.81. The van der Waals surface area contributed by atoms with Gasteiger partial charge in [-0.3, -0.25) is 10.1 Å². The molecule has 1 aromatic heterocycles. The van der Waals surface area contributed by atoms with Gasteiger partial charge in [-0.25, -0.2) is 0 Å². The average Bonchev–Trinajstić information content (AvgIpc) is 2.98. The van der Waals surface area contributed by atoms with Crippen LogP contribution in [0.4, 0.5) is 6.01 Å². The summed E-state index contributed by atoms with van der Waals surface area (Å²) in [5, 5.41) is 11.1. The first-order chi connectivity index (χ1) is 11.0. The summed E-state index contributed by atoms with van der Waals surface area (Å²) in [6, 6.07) is 12.0. The molecule has 0 saturated carbocycles. The number of carbonyl (C=O) groups is 1. The quantitative estimate of drug-likeness (QED) is 0.751. The van der Waals surface area contributed by atoms with E-state index in [9.17, 15) is 4.79 Å². The van der Waals surface area contributed by atoms with Crippen LogP contribution < -0.4 is 5.32 Å². The molecule has 1 amide bonds. The minimum absolute atomic E-state index is 0.0124. The van der Waals surface area contributed by atoms with Gasteiger partial charge in [-0.2, -0.15) is 0 Å². The lowest BCUT2D eigenvalue weighted by Crippen LogP contribution is -2.11. The van der Waals surface area contributed by atoms with Crippen LogP contribution in [0.15, 0.2) is 46.9 Å². The number of rotatable bonds is 3. The number of carbonyl (C=O) groups excluding carboxylic acids is 1. The van der Waals surface area contributed by atoms with Gasteiger partial charge >= 0.3 is 6.01 Å². The summed E-state index contributed by atoms with van der Waals surface area (Å²) in [5.74, 6) is -0.158. The van der Waals surface area contributed by atoms with Crippen LogP contribution >= 0.6 is 23.2 Å². The largest absolute Gasteiger partial charge is 0.403 e. The SMILES string of the molecule is Cc1ccc(C(=O)Nc2nnc(-c3cc(Cl)ccc3Cl)o2)cc1. The molecule has 116 valence electrons. The Labute approximate surface area is 142 Å². The number of halogens is 2. The van der Waals surface area contributed by atoms with Gasteiger partial charge in [0.15, 0.2) is 0 Å². The van der Waals surface area contributed by atoms with E-state index in [-0.39, 0.29) is 17.8 Å². The number of nitrogens with one attached hydrogen (secondary N) is 1. The fraction of sp³-hybridized carbons (Fsp3) is 0.0625. The number of anilines is 1. The van der Waals surface area contributed by atoms with Crippen LogP contribution in [0.5, 0.6) is 0 Å². The van der Waals surface area contributed by atoms with Crippen molar-refractivity contribution in [3.63, 3.8) is 0 Å². The molecular weight excluding hydrogens is 337 g/mol. The Morgan fingerprint density at radius 3 is 2.57 bits per heavy atom. The van der Waals surface area contributed by atoms with Crippen molar-refractivity contribution in [2.45, 2.75) is 6.92 Å². The van der Waals surface area contributed by atoms with E-state index < -0.39 is 0 Å². The Morgan fingerprint density at radius 2 is 1.83 bits per heavy atom. The Kier molecular flexibility index (Phi) is 4.32. The fourth-order valence-electron chi connectivity index (χ4n) is 1.92. The van der Waals surface area contributed by atoms with Gasteiger partial charge in [0.05, 0.1) is 10.6 Å². The summed E-state index contributed by atoms with van der Waals surface area (Å²) in [4.78, 5) is 12.1. The number of benzene rings is 2. The second kappa shape index (κ2) is 6.40. The molecule has 0 fully saturated rings. The van der Waals surface area contributed by atoms with Gasteiger partial charge in [-0.15, -0.1) is 5.10 Å². The predicted octanol–water partition coefficient (Wildman–Crippen LogP) is 4.60. The Morgan fingerprint density at radius 1 is 1.09 bits per heavy atom. The van der Waals surface area contributed by atoms with E-state index in [2.05, 4.69) is 15.5 Å². The van der Waals surface area contributed by atoms with Gasteiger partial charge in [-0.05, 0) is 37.3 Å². The molecule has 23 heavy (non-hydrogen) atoms. The summed E-state index contributed by atoms with van der Waals surface area (Å²) in [5.41, 5.74) is 2.07. The molecule has 0 spiro atoms. The van der Waals surface area contributed by atoms with Crippen molar-refractivity contribution in [1.29, 1.82) is 0 Å². The van der Waals surface area contributed by atoms with E-state index in [4.69, 9.17) is 27.6 Å². The number of hydrogen-bond acceptors (Lipinski definition) is 4. The van der Waals surface area contributed by atoms with Crippen LogP contribution in [0.25, 0.3) is 11.5 Å². The summed E-state index contributed by atoms with van der Waals surface area (Å²) >= 11 is 12.0.